The third-order valence-corrected chi connectivity index (χ3v) is 6.21. The normalized spacial score (nSPS) is 27.5. The fourth-order valence-corrected chi connectivity index (χ4v) is 4.92. The quantitative estimate of drug-likeness (QED) is 0.864. The van der Waals surface area contributed by atoms with Gasteiger partial charge in [0.05, 0.1) is 5.02 Å². The summed E-state index contributed by atoms with van der Waals surface area (Å²) in [4.78, 5) is 12.7. The van der Waals surface area contributed by atoms with E-state index >= 15 is 0 Å². The summed E-state index contributed by atoms with van der Waals surface area (Å²) in [5.74, 6) is 2.57. The van der Waals surface area contributed by atoms with Gasteiger partial charge in [-0.2, -0.15) is 0 Å². The molecule has 1 heterocycles. The number of carbonyl (C=O) groups excluding carboxylic acids is 1. The van der Waals surface area contributed by atoms with Crippen LogP contribution >= 0.6 is 11.6 Å². The molecular formula is C19H22ClNO2. The summed E-state index contributed by atoms with van der Waals surface area (Å²) in [6, 6.07) is 5.80. The Balaban J connectivity index is 1.55. The molecule has 1 amide bonds. The van der Waals surface area contributed by atoms with E-state index in [1.54, 1.807) is 6.07 Å². The minimum Gasteiger partial charge on any atom is -0.449 e. The van der Waals surface area contributed by atoms with Crippen molar-refractivity contribution in [2.45, 2.75) is 45.6 Å². The molecule has 2 fully saturated rings. The lowest BCUT2D eigenvalue weighted by Gasteiger charge is -2.28. The van der Waals surface area contributed by atoms with Crippen LogP contribution in [-0.2, 0) is 0 Å². The van der Waals surface area contributed by atoms with Gasteiger partial charge < -0.3 is 9.73 Å². The van der Waals surface area contributed by atoms with Crippen molar-refractivity contribution in [1.82, 2.24) is 5.32 Å². The van der Waals surface area contributed by atoms with Gasteiger partial charge in [-0.15, -0.1) is 0 Å². The number of benzene rings is 1. The molecule has 2 aliphatic carbocycles. The zero-order valence-corrected chi connectivity index (χ0v) is 14.3. The third kappa shape index (κ3) is 2.46. The predicted molar refractivity (Wildman–Crippen MR) is 91.8 cm³/mol. The zero-order valence-electron chi connectivity index (χ0n) is 13.6. The number of carbonyl (C=O) groups is 1. The summed E-state index contributed by atoms with van der Waals surface area (Å²) in [6.07, 6.45) is 5.32. The highest BCUT2D eigenvalue weighted by Gasteiger charge is 2.42. The van der Waals surface area contributed by atoms with Crippen LogP contribution in [0.3, 0.4) is 0 Å². The number of hydrogen-bond acceptors (Lipinski definition) is 2. The van der Waals surface area contributed by atoms with Crippen molar-refractivity contribution in [1.29, 1.82) is 0 Å². The number of fused-ring (bicyclic) bond motifs is 3. The molecule has 1 N–H and O–H groups in total. The van der Waals surface area contributed by atoms with E-state index in [0.29, 0.717) is 22.3 Å². The van der Waals surface area contributed by atoms with Crippen LogP contribution in [0, 0.1) is 24.7 Å². The molecule has 3 nitrogen and oxygen atoms in total. The smallest absolute Gasteiger partial charge is 0.287 e. The van der Waals surface area contributed by atoms with E-state index in [1.165, 1.54) is 25.7 Å². The number of amides is 1. The van der Waals surface area contributed by atoms with Crippen LogP contribution in [0.1, 0.15) is 48.7 Å². The monoisotopic (exact) mass is 331 g/mol. The van der Waals surface area contributed by atoms with Crippen molar-refractivity contribution in [2.24, 2.45) is 17.8 Å². The molecule has 2 saturated carbocycles. The molecule has 1 aromatic heterocycles. The Morgan fingerprint density at radius 3 is 2.83 bits per heavy atom. The highest BCUT2D eigenvalue weighted by atomic mass is 35.5. The molecule has 23 heavy (non-hydrogen) atoms. The van der Waals surface area contributed by atoms with Crippen LogP contribution in [-0.4, -0.2) is 11.9 Å². The lowest BCUT2D eigenvalue weighted by Crippen LogP contribution is -2.40. The standard InChI is InChI=1S/C19H22ClNO2/c1-10-14-4-3-5-16(20)18(14)23-17(10)19(22)21-11(2)15-9-12-6-7-13(15)8-12/h3-5,11-13,15H,6-9H2,1-2H3,(H,21,22)/t11-,12-,13-,15-/m0/s1. The van der Waals surface area contributed by atoms with Gasteiger partial charge in [-0.1, -0.05) is 30.2 Å². The molecule has 4 rings (SSSR count). The van der Waals surface area contributed by atoms with Crippen LogP contribution in [0.15, 0.2) is 22.6 Å². The SMILES string of the molecule is Cc1c(C(=O)N[C@@H](C)[C@@H]2C[C@H]3CC[C@H]2C3)oc2c(Cl)cccc12. The second-order valence-electron chi connectivity index (χ2n) is 7.27. The fraction of sp³-hybridized carbons (Fsp3) is 0.526. The first kappa shape index (κ1) is 15.1. The molecule has 2 aromatic rings. The Kier molecular flexibility index (Phi) is 3.64. The van der Waals surface area contributed by atoms with Crippen molar-refractivity contribution in [2.75, 3.05) is 0 Å². The molecule has 1 aromatic carbocycles. The van der Waals surface area contributed by atoms with E-state index in [4.69, 9.17) is 16.0 Å². The second kappa shape index (κ2) is 5.55. The average molecular weight is 332 g/mol. The van der Waals surface area contributed by atoms with Gasteiger partial charge in [-0.05, 0) is 56.9 Å². The van der Waals surface area contributed by atoms with E-state index in [-0.39, 0.29) is 11.9 Å². The lowest BCUT2D eigenvalue weighted by molar-refractivity contribution is 0.0888. The van der Waals surface area contributed by atoms with Crippen molar-refractivity contribution >= 4 is 28.5 Å². The second-order valence-corrected chi connectivity index (χ2v) is 7.68. The summed E-state index contributed by atoms with van der Waals surface area (Å²) < 4.78 is 5.77. The number of furan rings is 1. The molecule has 0 unspecified atom stereocenters. The minimum absolute atomic E-state index is 0.120. The van der Waals surface area contributed by atoms with E-state index in [1.807, 2.05) is 19.1 Å². The summed E-state index contributed by atoms with van der Waals surface area (Å²) in [5, 5.41) is 4.63. The third-order valence-electron chi connectivity index (χ3n) is 5.92. The van der Waals surface area contributed by atoms with Crippen molar-refractivity contribution in [3.63, 3.8) is 0 Å². The summed E-state index contributed by atoms with van der Waals surface area (Å²) in [5.41, 5.74) is 1.46. The van der Waals surface area contributed by atoms with Crippen molar-refractivity contribution in [3.05, 3.63) is 34.5 Å². The molecule has 2 bridgehead atoms. The van der Waals surface area contributed by atoms with Gasteiger partial charge in [-0.25, -0.2) is 0 Å². The van der Waals surface area contributed by atoms with Gasteiger partial charge in [-0.3, -0.25) is 4.79 Å². The highest BCUT2D eigenvalue weighted by Crippen LogP contribution is 2.49. The molecule has 0 aliphatic heterocycles. The molecule has 4 heteroatoms. The first-order valence-electron chi connectivity index (χ1n) is 8.53. The summed E-state index contributed by atoms with van der Waals surface area (Å²) in [6.45, 7) is 4.05. The van der Waals surface area contributed by atoms with Crippen molar-refractivity contribution < 1.29 is 9.21 Å². The molecule has 122 valence electrons. The Labute approximate surface area is 141 Å². The fourth-order valence-electron chi connectivity index (χ4n) is 4.71. The van der Waals surface area contributed by atoms with E-state index in [2.05, 4.69) is 12.2 Å². The minimum atomic E-state index is -0.120. The Hall–Kier alpha value is -1.48. The molecule has 0 radical (unpaired) electrons. The van der Waals surface area contributed by atoms with Gasteiger partial charge in [0.1, 0.15) is 0 Å². The predicted octanol–water partition coefficient (Wildman–Crippen LogP) is 4.95. The van der Waals surface area contributed by atoms with Gasteiger partial charge in [0.25, 0.3) is 5.91 Å². The number of nitrogens with one attached hydrogen (secondary N) is 1. The Morgan fingerprint density at radius 2 is 2.17 bits per heavy atom. The molecule has 4 atom stereocenters. The number of rotatable bonds is 3. The Morgan fingerprint density at radius 1 is 1.35 bits per heavy atom. The van der Waals surface area contributed by atoms with Gasteiger partial charge in [0, 0.05) is 17.0 Å². The first-order valence-corrected chi connectivity index (χ1v) is 8.91. The Bertz CT molecular complexity index is 766. The van der Waals surface area contributed by atoms with Gasteiger partial charge in [0.15, 0.2) is 11.3 Å². The number of aryl methyl sites for hydroxylation is 1. The summed E-state index contributed by atoms with van der Waals surface area (Å²) >= 11 is 6.17. The largest absolute Gasteiger partial charge is 0.449 e. The van der Waals surface area contributed by atoms with Crippen LogP contribution < -0.4 is 5.32 Å². The van der Waals surface area contributed by atoms with Crippen LogP contribution in [0.25, 0.3) is 11.0 Å². The first-order chi connectivity index (χ1) is 11.0. The lowest BCUT2D eigenvalue weighted by atomic mass is 9.84. The highest BCUT2D eigenvalue weighted by molar-refractivity contribution is 6.35. The van der Waals surface area contributed by atoms with E-state index in [9.17, 15) is 4.79 Å². The molecular weight excluding hydrogens is 310 g/mol. The van der Waals surface area contributed by atoms with Gasteiger partial charge >= 0.3 is 0 Å². The molecule has 2 aliphatic rings. The van der Waals surface area contributed by atoms with Gasteiger partial charge in [0.2, 0.25) is 0 Å². The average Bonchev–Trinajstić information content (AvgIpc) is 3.22. The topological polar surface area (TPSA) is 42.2 Å². The maximum atomic E-state index is 12.7. The number of para-hydroxylation sites is 1. The van der Waals surface area contributed by atoms with Crippen LogP contribution in [0.5, 0.6) is 0 Å². The maximum absolute atomic E-state index is 12.7. The van der Waals surface area contributed by atoms with Crippen molar-refractivity contribution in [3.8, 4) is 0 Å². The van der Waals surface area contributed by atoms with Crippen LogP contribution in [0.4, 0.5) is 0 Å². The number of hydrogen-bond donors (Lipinski definition) is 1. The summed E-state index contributed by atoms with van der Waals surface area (Å²) in [7, 11) is 0. The van der Waals surface area contributed by atoms with E-state index < -0.39 is 0 Å². The molecule has 0 saturated heterocycles. The molecule has 0 spiro atoms. The maximum Gasteiger partial charge on any atom is 0.287 e. The number of halogens is 1. The zero-order chi connectivity index (χ0) is 16.1. The van der Waals surface area contributed by atoms with Crippen LogP contribution in [0.2, 0.25) is 5.02 Å². The van der Waals surface area contributed by atoms with E-state index in [0.717, 1.165) is 22.8 Å².